The zero-order valence-corrected chi connectivity index (χ0v) is 6.81. The maximum Gasteiger partial charge on any atom is 0.392 e. The summed E-state index contributed by atoms with van der Waals surface area (Å²) in [6, 6.07) is 10.2. The number of aromatic hydroxyl groups is 1. The molecular formula is C10H7N2O+. The van der Waals surface area contributed by atoms with Crippen LogP contribution in [0, 0.1) is 5.39 Å². The predicted octanol–water partition coefficient (Wildman–Crippen LogP) is 2.98. The number of hydrogen-bond acceptors (Lipinski definition) is 2. The van der Waals surface area contributed by atoms with Gasteiger partial charge >= 0.3 is 5.69 Å². The zero-order valence-electron chi connectivity index (χ0n) is 6.81. The fourth-order valence-corrected chi connectivity index (χ4v) is 1.34. The quantitative estimate of drug-likeness (QED) is 0.619. The minimum absolute atomic E-state index is 0.158. The largest absolute Gasteiger partial charge is 0.508 e. The van der Waals surface area contributed by atoms with Crippen LogP contribution in [0.3, 0.4) is 0 Å². The number of hydrogen-bond donors (Lipinski definition) is 1. The van der Waals surface area contributed by atoms with Crippen molar-refractivity contribution < 1.29 is 5.11 Å². The Bertz CT molecular complexity index is 459. The maximum absolute atomic E-state index is 9.31. The summed E-state index contributed by atoms with van der Waals surface area (Å²) in [5.74, 6) is 0.158. The molecule has 2 rings (SSSR count). The molecule has 62 valence electrons. The van der Waals surface area contributed by atoms with E-state index < -0.39 is 0 Å². The van der Waals surface area contributed by atoms with Gasteiger partial charge in [0.25, 0.3) is 0 Å². The molecule has 0 aromatic rings. The van der Waals surface area contributed by atoms with Crippen molar-refractivity contribution in [3.8, 4) is 16.9 Å². The van der Waals surface area contributed by atoms with Gasteiger partial charge in [0.2, 0.25) is 5.39 Å². The average molecular weight is 171 g/mol. The standard InChI is InChI=1S/C10H6N2O/c11-12-10-5-4-8(13)6-7-2-1-3-9(7)10/h1-6H/p+1. The van der Waals surface area contributed by atoms with Crippen LogP contribution in [0.4, 0.5) is 5.69 Å². The summed E-state index contributed by atoms with van der Waals surface area (Å²) in [4.78, 5) is 3.14. The zero-order chi connectivity index (χ0) is 9.26. The molecule has 3 nitrogen and oxygen atoms in total. The van der Waals surface area contributed by atoms with Gasteiger partial charge in [0.15, 0.2) is 4.98 Å². The van der Waals surface area contributed by atoms with Crippen LogP contribution < -0.4 is 0 Å². The van der Waals surface area contributed by atoms with Gasteiger partial charge in [-0.3, -0.25) is 0 Å². The van der Waals surface area contributed by atoms with Crippen LogP contribution in [0.25, 0.3) is 16.1 Å². The molecule has 0 aromatic carbocycles. The van der Waals surface area contributed by atoms with E-state index in [2.05, 4.69) is 4.98 Å². The molecule has 0 bridgehead atoms. The number of rotatable bonds is 0. The van der Waals surface area contributed by atoms with E-state index in [1.165, 1.54) is 6.07 Å². The summed E-state index contributed by atoms with van der Waals surface area (Å²) in [5, 5.41) is 18.0. The van der Waals surface area contributed by atoms with Gasteiger partial charge in [0.05, 0.1) is 5.56 Å². The molecule has 0 aromatic heterocycles. The fourth-order valence-electron chi connectivity index (χ4n) is 1.34. The molecule has 1 N–H and O–H groups in total. The molecule has 0 aliphatic heterocycles. The van der Waals surface area contributed by atoms with Gasteiger partial charge < -0.3 is 5.11 Å². The molecule has 0 spiro atoms. The van der Waals surface area contributed by atoms with E-state index in [1.54, 1.807) is 12.1 Å². The van der Waals surface area contributed by atoms with Crippen molar-refractivity contribution in [3.63, 3.8) is 0 Å². The Balaban J connectivity index is 2.80. The van der Waals surface area contributed by atoms with E-state index in [0.717, 1.165) is 11.1 Å². The van der Waals surface area contributed by atoms with Gasteiger partial charge in [0, 0.05) is 6.07 Å². The summed E-state index contributed by atoms with van der Waals surface area (Å²) in [7, 11) is 0. The smallest absolute Gasteiger partial charge is 0.392 e. The highest BCUT2D eigenvalue weighted by Gasteiger charge is 2.15. The van der Waals surface area contributed by atoms with Crippen molar-refractivity contribution in [1.82, 2.24) is 0 Å². The van der Waals surface area contributed by atoms with Crippen LogP contribution in [-0.4, -0.2) is 5.11 Å². The first kappa shape index (κ1) is 7.56. The molecule has 0 radical (unpaired) electrons. The molecule has 13 heavy (non-hydrogen) atoms. The molecule has 0 saturated carbocycles. The molecule has 3 heteroatoms. The second-order valence-electron chi connectivity index (χ2n) is 2.78. The third-order valence-electron chi connectivity index (χ3n) is 1.95. The Hall–Kier alpha value is -2.08. The van der Waals surface area contributed by atoms with Crippen LogP contribution in [-0.2, 0) is 0 Å². The Morgan fingerprint density at radius 2 is 2.00 bits per heavy atom. The number of fused-ring (bicyclic) bond motifs is 1. The summed E-state index contributed by atoms with van der Waals surface area (Å²) in [6.45, 7) is 0. The first-order valence-electron chi connectivity index (χ1n) is 3.88. The molecule has 0 atom stereocenters. The predicted molar refractivity (Wildman–Crippen MR) is 49.5 cm³/mol. The van der Waals surface area contributed by atoms with E-state index in [0.29, 0.717) is 5.69 Å². The third kappa shape index (κ3) is 1.18. The summed E-state index contributed by atoms with van der Waals surface area (Å²) in [6.07, 6.45) is 0. The first-order valence-corrected chi connectivity index (χ1v) is 3.88. The summed E-state index contributed by atoms with van der Waals surface area (Å²) >= 11 is 0. The highest BCUT2D eigenvalue weighted by atomic mass is 16.3. The van der Waals surface area contributed by atoms with Crippen LogP contribution in [0.5, 0.6) is 5.75 Å². The molecule has 0 saturated heterocycles. The maximum atomic E-state index is 9.31. The van der Waals surface area contributed by atoms with Gasteiger partial charge in [-0.05, 0) is 23.8 Å². The molecule has 0 amide bonds. The number of nitrogens with zero attached hydrogens (tertiary/aromatic N) is 2. The van der Waals surface area contributed by atoms with Crippen LogP contribution >= 0.6 is 0 Å². The SMILES string of the molecule is N#[N+]c1ccc(O)cc2cccc1-2. The van der Waals surface area contributed by atoms with Crippen molar-refractivity contribution in [2.75, 3.05) is 0 Å². The van der Waals surface area contributed by atoms with Gasteiger partial charge in [-0.15, -0.1) is 0 Å². The number of diazo groups is 1. The van der Waals surface area contributed by atoms with Crippen molar-refractivity contribution >= 4 is 5.69 Å². The van der Waals surface area contributed by atoms with E-state index in [1.807, 2.05) is 18.2 Å². The van der Waals surface area contributed by atoms with E-state index >= 15 is 0 Å². The minimum atomic E-state index is 0.158. The van der Waals surface area contributed by atoms with Crippen molar-refractivity contribution in [3.05, 3.63) is 41.4 Å². The Morgan fingerprint density at radius 3 is 2.77 bits per heavy atom. The minimum Gasteiger partial charge on any atom is -0.508 e. The van der Waals surface area contributed by atoms with E-state index in [4.69, 9.17) is 5.39 Å². The summed E-state index contributed by atoms with van der Waals surface area (Å²) < 4.78 is 0. The van der Waals surface area contributed by atoms with Crippen LogP contribution in [0.1, 0.15) is 0 Å². The molecule has 2 aliphatic carbocycles. The van der Waals surface area contributed by atoms with Gasteiger partial charge in [0.1, 0.15) is 5.75 Å². The van der Waals surface area contributed by atoms with Crippen molar-refractivity contribution in [1.29, 1.82) is 5.39 Å². The first-order chi connectivity index (χ1) is 6.31. The Morgan fingerprint density at radius 1 is 1.15 bits per heavy atom. The highest BCUT2D eigenvalue weighted by Crippen LogP contribution is 2.33. The lowest BCUT2D eigenvalue weighted by atomic mass is 10.2. The van der Waals surface area contributed by atoms with E-state index in [9.17, 15) is 5.11 Å². The van der Waals surface area contributed by atoms with Gasteiger partial charge in [-0.2, -0.15) is 0 Å². The second-order valence-corrected chi connectivity index (χ2v) is 2.78. The molecular weight excluding hydrogens is 164 g/mol. The van der Waals surface area contributed by atoms with Gasteiger partial charge in [-0.1, -0.05) is 12.1 Å². The van der Waals surface area contributed by atoms with Crippen molar-refractivity contribution in [2.24, 2.45) is 0 Å². The monoisotopic (exact) mass is 171 g/mol. The Labute approximate surface area is 75.2 Å². The van der Waals surface area contributed by atoms with Crippen LogP contribution in [0.15, 0.2) is 36.4 Å². The lowest BCUT2D eigenvalue weighted by molar-refractivity contribution is 0.476. The lowest BCUT2D eigenvalue weighted by Gasteiger charge is -1.85. The third-order valence-corrected chi connectivity index (χ3v) is 1.95. The molecule has 0 heterocycles. The lowest BCUT2D eigenvalue weighted by Crippen LogP contribution is -1.64. The van der Waals surface area contributed by atoms with Crippen molar-refractivity contribution in [2.45, 2.75) is 0 Å². The molecule has 0 fully saturated rings. The topological polar surface area (TPSA) is 48.4 Å². The fraction of sp³-hybridized carbons (Fsp3) is 0. The molecule has 2 aliphatic rings. The Kier molecular flexibility index (Phi) is 1.60. The highest BCUT2D eigenvalue weighted by molar-refractivity contribution is 5.80. The summed E-state index contributed by atoms with van der Waals surface area (Å²) in [5.41, 5.74) is 2.14. The van der Waals surface area contributed by atoms with Crippen LogP contribution in [0.2, 0.25) is 0 Å². The van der Waals surface area contributed by atoms with E-state index in [-0.39, 0.29) is 5.75 Å². The average Bonchev–Trinajstić information content (AvgIpc) is 2.49. The second kappa shape index (κ2) is 2.76. The normalized spacial score (nSPS) is 9.77. The van der Waals surface area contributed by atoms with Gasteiger partial charge in [-0.25, -0.2) is 0 Å². The molecule has 0 unspecified atom stereocenters.